The van der Waals surface area contributed by atoms with Crippen molar-refractivity contribution in [2.24, 2.45) is 15.7 Å². The fourth-order valence-corrected chi connectivity index (χ4v) is 5.04. The van der Waals surface area contributed by atoms with Crippen molar-refractivity contribution in [3.63, 3.8) is 0 Å². The van der Waals surface area contributed by atoms with Crippen LogP contribution < -0.4 is 10.6 Å². The Bertz CT molecular complexity index is 948. The summed E-state index contributed by atoms with van der Waals surface area (Å²) in [6.07, 6.45) is 5.50. The van der Waals surface area contributed by atoms with Gasteiger partial charge in [-0.25, -0.2) is 9.98 Å². The van der Waals surface area contributed by atoms with Gasteiger partial charge < -0.3 is 10.6 Å². The van der Waals surface area contributed by atoms with Crippen molar-refractivity contribution in [1.82, 2.24) is 0 Å². The van der Waals surface area contributed by atoms with Gasteiger partial charge in [-0.05, 0) is 43.5 Å². The molecule has 1 heterocycles. The Balaban J connectivity index is 1.84. The smallest absolute Gasteiger partial charge is 0.227 e. The highest BCUT2D eigenvalue weighted by Crippen LogP contribution is 2.44. The first-order valence-corrected chi connectivity index (χ1v) is 11.1. The van der Waals surface area contributed by atoms with Crippen LogP contribution in [0.3, 0.4) is 0 Å². The van der Waals surface area contributed by atoms with E-state index in [2.05, 4.69) is 30.0 Å². The number of aryl methyl sites for hydroxylation is 1. The molecule has 0 saturated heterocycles. The number of nitrogens with two attached hydrogens (primary N) is 1. The number of para-hydroxylation sites is 2. The number of carbonyl (C=O) groups excluding carboxylic acids is 1. The third-order valence-electron chi connectivity index (χ3n) is 5.62. The van der Waals surface area contributed by atoms with Gasteiger partial charge in [-0.1, -0.05) is 67.4 Å². The zero-order valence-electron chi connectivity index (χ0n) is 16.7. The average Bonchev–Trinajstić information content (AvgIpc) is 3.01. The minimum atomic E-state index is -0.340. The normalized spacial score (nSPS) is 19.6. The van der Waals surface area contributed by atoms with Crippen LogP contribution in [-0.2, 0) is 4.79 Å². The number of nitrogens with zero attached hydrogens (tertiary/aromatic N) is 3. The van der Waals surface area contributed by atoms with Crippen molar-refractivity contribution in [3.8, 4) is 0 Å². The van der Waals surface area contributed by atoms with E-state index in [4.69, 9.17) is 15.7 Å². The van der Waals surface area contributed by atoms with E-state index in [1.54, 1.807) is 0 Å². The highest BCUT2D eigenvalue weighted by molar-refractivity contribution is 8.14. The Hall–Kier alpha value is -2.60. The van der Waals surface area contributed by atoms with Gasteiger partial charge in [0.05, 0.1) is 11.4 Å². The van der Waals surface area contributed by atoms with E-state index in [0.29, 0.717) is 0 Å². The lowest BCUT2D eigenvalue weighted by atomic mass is 9.79. The summed E-state index contributed by atoms with van der Waals surface area (Å²) < 4.78 is 0. The van der Waals surface area contributed by atoms with Gasteiger partial charge in [-0.2, -0.15) is 0 Å². The number of carbonyl (C=O) groups is 1. The summed E-state index contributed by atoms with van der Waals surface area (Å²) in [5.74, 6) is 0.714. The summed E-state index contributed by atoms with van der Waals surface area (Å²) in [5, 5.41) is 0.809. The molecule has 150 valence electrons. The van der Waals surface area contributed by atoms with Crippen LogP contribution in [-0.4, -0.2) is 28.2 Å². The summed E-state index contributed by atoms with van der Waals surface area (Å²) in [6.45, 7) is 2.07. The molecule has 1 aliphatic heterocycles. The lowest BCUT2D eigenvalue weighted by Gasteiger charge is -2.42. The van der Waals surface area contributed by atoms with Crippen molar-refractivity contribution in [1.29, 1.82) is 0 Å². The third kappa shape index (κ3) is 3.94. The van der Waals surface area contributed by atoms with Crippen molar-refractivity contribution in [3.05, 3.63) is 60.2 Å². The first kappa shape index (κ1) is 19.7. The Morgan fingerprint density at radius 3 is 2.48 bits per heavy atom. The maximum atomic E-state index is 11.5. The first-order valence-electron chi connectivity index (χ1n) is 10.1. The molecule has 29 heavy (non-hydrogen) atoms. The van der Waals surface area contributed by atoms with Gasteiger partial charge in [0, 0.05) is 5.69 Å². The summed E-state index contributed by atoms with van der Waals surface area (Å²) in [4.78, 5) is 23.8. The summed E-state index contributed by atoms with van der Waals surface area (Å²) >= 11 is 1.40. The van der Waals surface area contributed by atoms with Gasteiger partial charge in [0.15, 0.2) is 11.0 Å². The standard InChI is InChI=1S/C23H26N4OS/c1-17-10-6-7-13-19(17)25-21-23(14-8-3-9-15-23)27(18-11-4-2-5-12-18)22(26-21)29-16-20(24)28/h2,4-7,10-13H,3,8-9,14-16H2,1H3,(H2,24,28). The second kappa shape index (κ2) is 8.41. The summed E-state index contributed by atoms with van der Waals surface area (Å²) in [7, 11) is 0. The first-order chi connectivity index (χ1) is 14.1. The number of hydrogen-bond donors (Lipinski definition) is 1. The highest BCUT2D eigenvalue weighted by Gasteiger charge is 2.49. The average molecular weight is 407 g/mol. The van der Waals surface area contributed by atoms with Crippen LogP contribution in [0.5, 0.6) is 0 Å². The maximum Gasteiger partial charge on any atom is 0.227 e. The monoisotopic (exact) mass is 406 g/mol. The zero-order chi connectivity index (χ0) is 20.3. The molecule has 2 aromatic rings. The highest BCUT2D eigenvalue weighted by atomic mass is 32.2. The molecule has 0 radical (unpaired) electrons. The molecule has 1 amide bonds. The molecule has 1 spiro atoms. The van der Waals surface area contributed by atoms with Crippen molar-refractivity contribution >= 4 is 40.0 Å². The molecule has 2 N–H and O–H groups in total. The van der Waals surface area contributed by atoms with E-state index in [-0.39, 0.29) is 17.2 Å². The molecule has 0 atom stereocenters. The number of amides is 1. The summed E-state index contributed by atoms with van der Waals surface area (Å²) in [5.41, 5.74) is 8.33. The second-order valence-electron chi connectivity index (χ2n) is 7.63. The van der Waals surface area contributed by atoms with Gasteiger partial charge >= 0.3 is 0 Å². The van der Waals surface area contributed by atoms with Gasteiger partial charge in [0.2, 0.25) is 5.91 Å². The quantitative estimate of drug-likeness (QED) is 0.791. The van der Waals surface area contributed by atoms with Crippen LogP contribution in [0, 0.1) is 6.92 Å². The van der Waals surface area contributed by atoms with Crippen LogP contribution in [0.1, 0.15) is 37.7 Å². The van der Waals surface area contributed by atoms with E-state index < -0.39 is 0 Å². The molecule has 0 unspecified atom stereocenters. The van der Waals surface area contributed by atoms with E-state index in [1.807, 2.05) is 36.4 Å². The molecular formula is C23H26N4OS. The van der Waals surface area contributed by atoms with Gasteiger partial charge in [0.1, 0.15) is 5.54 Å². The largest absolute Gasteiger partial charge is 0.369 e. The van der Waals surface area contributed by atoms with Crippen molar-refractivity contribution in [2.75, 3.05) is 10.7 Å². The molecule has 1 fully saturated rings. The van der Waals surface area contributed by atoms with Crippen LogP contribution in [0.15, 0.2) is 64.6 Å². The lowest BCUT2D eigenvalue weighted by Crippen LogP contribution is -2.52. The lowest BCUT2D eigenvalue weighted by molar-refractivity contribution is -0.115. The fraction of sp³-hybridized carbons (Fsp3) is 0.348. The van der Waals surface area contributed by atoms with Crippen molar-refractivity contribution in [2.45, 2.75) is 44.6 Å². The van der Waals surface area contributed by atoms with Crippen LogP contribution >= 0.6 is 11.8 Å². The minimum absolute atomic E-state index is 0.204. The molecule has 0 aromatic heterocycles. The zero-order valence-corrected chi connectivity index (χ0v) is 17.5. The van der Waals surface area contributed by atoms with Crippen molar-refractivity contribution < 1.29 is 4.79 Å². The number of thioether (sulfide) groups is 1. The van der Waals surface area contributed by atoms with Crippen LogP contribution in [0.4, 0.5) is 11.4 Å². The van der Waals surface area contributed by atoms with Crippen LogP contribution in [0.25, 0.3) is 0 Å². The maximum absolute atomic E-state index is 11.5. The fourth-order valence-electron chi connectivity index (χ4n) is 4.21. The van der Waals surface area contributed by atoms with Gasteiger partial charge in [0.25, 0.3) is 0 Å². The molecule has 4 rings (SSSR count). The molecule has 6 heteroatoms. The molecule has 1 aliphatic carbocycles. The van der Waals surface area contributed by atoms with E-state index in [1.165, 1.54) is 18.2 Å². The predicted octanol–water partition coefficient (Wildman–Crippen LogP) is 4.82. The number of benzene rings is 2. The predicted molar refractivity (Wildman–Crippen MR) is 122 cm³/mol. The SMILES string of the molecule is Cc1ccccc1N=C1N=C(SCC(N)=O)N(c2ccccc2)C12CCCCC2. The number of primary amides is 1. The molecule has 2 aromatic carbocycles. The van der Waals surface area contributed by atoms with E-state index in [9.17, 15) is 4.79 Å². The number of aliphatic imine (C=N–C) groups is 2. The molecular weight excluding hydrogens is 380 g/mol. The van der Waals surface area contributed by atoms with E-state index >= 15 is 0 Å². The Morgan fingerprint density at radius 1 is 1.10 bits per heavy atom. The Labute approximate surface area is 176 Å². The summed E-state index contributed by atoms with van der Waals surface area (Å²) in [6, 6.07) is 18.5. The molecule has 2 aliphatic rings. The van der Waals surface area contributed by atoms with Gasteiger partial charge in [-0.15, -0.1) is 0 Å². The number of anilines is 1. The van der Waals surface area contributed by atoms with E-state index in [0.717, 1.165) is 53.6 Å². The topological polar surface area (TPSA) is 71.0 Å². The number of amidine groups is 2. The minimum Gasteiger partial charge on any atom is -0.369 e. The Kier molecular flexibility index (Phi) is 5.72. The molecule has 5 nitrogen and oxygen atoms in total. The Morgan fingerprint density at radius 2 is 1.79 bits per heavy atom. The van der Waals surface area contributed by atoms with Gasteiger partial charge in [-0.3, -0.25) is 4.79 Å². The van der Waals surface area contributed by atoms with Crippen LogP contribution in [0.2, 0.25) is 0 Å². The number of hydrogen-bond acceptors (Lipinski definition) is 4. The molecule has 0 bridgehead atoms. The molecule has 1 saturated carbocycles. The third-order valence-corrected chi connectivity index (χ3v) is 6.58. The second-order valence-corrected chi connectivity index (χ2v) is 8.58. The number of rotatable bonds is 4.